The highest BCUT2D eigenvalue weighted by atomic mass is 16.7. The van der Waals surface area contributed by atoms with Crippen LogP contribution in [0.3, 0.4) is 0 Å². The van der Waals surface area contributed by atoms with Crippen molar-refractivity contribution >= 4 is 11.9 Å². The van der Waals surface area contributed by atoms with E-state index in [2.05, 4.69) is 0 Å². The molecule has 24 heavy (non-hydrogen) atoms. The molecule has 0 rings (SSSR count). The Morgan fingerprint density at radius 3 is 1.54 bits per heavy atom. The van der Waals surface area contributed by atoms with Crippen molar-refractivity contribution in [3.8, 4) is 0 Å². The fourth-order valence-corrected chi connectivity index (χ4v) is 1.36. The Morgan fingerprint density at radius 1 is 0.833 bits per heavy atom. The third kappa shape index (κ3) is 12.8. The van der Waals surface area contributed by atoms with Crippen molar-refractivity contribution in [2.45, 2.75) is 39.3 Å². The zero-order chi connectivity index (χ0) is 18.4. The fourth-order valence-electron chi connectivity index (χ4n) is 1.36. The summed E-state index contributed by atoms with van der Waals surface area (Å²) in [5, 5.41) is 19.2. The van der Waals surface area contributed by atoms with Crippen molar-refractivity contribution in [3.63, 3.8) is 0 Å². The molecule has 0 aliphatic heterocycles. The molecule has 0 saturated carbocycles. The van der Waals surface area contributed by atoms with Gasteiger partial charge in [0.2, 0.25) is 0 Å². The normalized spacial score (nSPS) is 15.4. The Labute approximate surface area is 141 Å². The summed E-state index contributed by atoms with van der Waals surface area (Å²) < 4.78 is 19.9. The molecule has 0 aliphatic rings. The van der Waals surface area contributed by atoms with Gasteiger partial charge < -0.3 is 29.2 Å². The molecule has 2 atom stereocenters. The van der Waals surface area contributed by atoms with Gasteiger partial charge >= 0.3 is 11.9 Å². The standard InChI is InChI=1S/C16H26O8/c1-4-6-15(19)23-10-13(17)8-21-12(3)22-9-14(18)11-24-16(20)7-5-2/h4-7,12-14,17-18H,8-11H2,1-3H3. The van der Waals surface area contributed by atoms with E-state index in [1.54, 1.807) is 20.8 Å². The lowest BCUT2D eigenvalue weighted by Crippen LogP contribution is -2.29. The number of aliphatic hydroxyl groups excluding tert-OH is 2. The average molecular weight is 346 g/mol. The van der Waals surface area contributed by atoms with E-state index < -0.39 is 30.4 Å². The number of carbonyl (C=O) groups excluding carboxylic acids is 2. The second-order valence-electron chi connectivity index (χ2n) is 4.80. The minimum absolute atomic E-state index is 0.101. The highest BCUT2D eigenvalue weighted by molar-refractivity contribution is 5.82. The van der Waals surface area contributed by atoms with E-state index in [4.69, 9.17) is 18.9 Å². The van der Waals surface area contributed by atoms with E-state index in [1.807, 2.05) is 0 Å². The van der Waals surface area contributed by atoms with Gasteiger partial charge in [-0.15, -0.1) is 0 Å². The second kappa shape index (κ2) is 13.7. The highest BCUT2D eigenvalue weighted by Gasteiger charge is 2.13. The van der Waals surface area contributed by atoms with Crippen LogP contribution in [0.5, 0.6) is 0 Å². The predicted molar refractivity (Wildman–Crippen MR) is 84.9 cm³/mol. The van der Waals surface area contributed by atoms with Crippen molar-refractivity contribution < 1.29 is 38.7 Å². The monoisotopic (exact) mass is 346 g/mol. The number of ether oxygens (including phenoxy) is 4. The lowest BCUT2D eigenvalue weighted by molar-refractivity contribution is -0.171. The van der Waals surface area contributed by atoms with Crippen molar-refractivity contribution in [2.75, 3.05) is 26.4 Å². The van der Waals surface area contributed by atoms with Crippen LogP contribution in [-0.2, 0) is 28.5 Å². The molecule has 2 N–H and O–H groups in total. The van der Waals surface area contributed by atoms with Crippen LogP contribution < -0.4 is 0 Å². The molecule has 0 heterocycles. The van der Waals surface area contributed by atoms with Gasteiger partial charge in [0.05, 0.1) is 13.2 Å². The Hall–Kier alpha value is -1.74. The lowest BCUT2D eigenvalue weighted by atomic mass is 10.4. The third-order valence-electron chi connectivity index (χ3n) is 2.49. The summed E-state index contributed by atoms with van der Waals surface area (Å²) in [6, 6.07) is 0. The van der Waals surface area contributed by atoms with Gasteiger partial charge in [0, 0.05) is 12.2 Å². The summed E-state index contributed by atoms with van der Waals surface area (Å²) in [5.74, 6) is -1.09. The molecule has 138 valence electrons. The lowest BCUT2D eigenvalue weighted by Gasteiger charge is -2.18. The van der Waals surface area contributed by atoms with E-state index >= 15 is 0 Å². The van der Waals surface area contributed by atoms with Gasteiger partial charge in [-0.3, -0.25) is 0 Å². The topological polar surface area (TPSA) is 112 Å². The predicted octanol–water partition coefficient (Wildman–Crippen LogP) is 0.326. The van der Waals surface area contributed by atoms with Gasteiger partial charge in [0.15, 0.2) is 6.29 Å². The summed E-state index contributed by atoms with van der Waals surface area (Å²) in [4.78, 5) is 22.1. The summed E-state index contributed by atoms with van der Waals surface area (Å²) in [6.45, 7) is 4.34. The Morgan fingerprint density at radius 2 is 1.21 bits per heavy atom. The highest BCUT2D eigenvalue weighted by Crippen LogP contribution is 1.99. The Bertz CT molecular complexity index is 380. The van der Waals surface area contributed by atoms with Crippen LogP contribution in [-0.4, -0.2) is 67.1 Å². The molecular formula is C16H26O8. The number of carbonyl (C=O) groups is 2. The molecular weight excluding hydrogens is 320 g/mol. The third-order valence-corrected chi connectivity index (χ3v) is 2.49. The first-order chi connectivity index (χ1) is 11.4. The minimum Gasteiger partial charge on any atom is -0.460 e. The summed E-state index contributed by atoms with van der Waals surface area (Å²) in [7, 11) is 0. The van der Waals surface area contributed by atoms with Crippen LogP contribution in [0.1, 0.15) is 20.8 Å². The zero-order valence-corrected chi connectivity index (χ0v) is 14.2. The largest absolute Gasteiger partial charge is 0.460 e. The Kier molecular flexibility index (Phi) is 12.7. The van der Waals surface area contributed by atoms with Gasteiger partial charge in [0.1, 0.15) is 25.4 Å². The fraction of sp³-hybridized carbons (Fsp3) is 0.625. The van der Waals surface area contributed by atoms with Crippen molar-refractivity contribution in [1.82, 2.24) is 0 Å². The molecule has 0 aliphatic carbocycles. The maximum Gasteiger partial charge on any atom is 0.330 e. The smallest absolute Gasteiger partial charge is 0.330 e. The van der Waals surface area contributed by atoms with Gasteiger partial charge in [0.25, 0.3) is 0 Å². The minimum atomic E-state index is -0.989. The van der Waals surface area contributed by atoms with E-state index in [-0.39, 0.29) is 26.4 Å². The zero-order valence-electron chi connectivity index (χ0n) is 14.2. The van der Waals surface area contributed by atoms with Crippen LogP contribution in [0.2, 0.25) is 0 Å². The van der Waals surface area contributed by atoms with Gasteiger partial charge in [-0.2, -0.15) is 0 Å². The molecule has 0 aromatic rings. The van der Waals surface area contributed by atoms with Gasteiger partial charge in [-0.05, 0) is 20.8 Å². The number of aliphatic hydroxyl groups is 2. The van der Waals surface area contributed by atoms with Crippen molar-refractivity contribution in [1.29, 1.82) is 0 Å². The van der Waals surface area contributed by atoms with Crippen LogP contribution in [0.25, 0.3) is 0 Å². The van der Waals surface area contributed by atoms with Crippen molar-refractivity contribution in [3.05, 3.63) is 24.3 Å². The molecule has 0 aromatic heterocycles. The summed E-state index contributed by atoms with van der Waals surface area (Å²) in [5.41, 5.74) is 0. The quantitative estimate of drug-likeness (QED) is 0.295. The molecule has 0 fully saturated rings. The van der Waals surface area contributed by atoms with E-state index in [9.17, 15) is 19.8 Å². The molecule has 0 aromatic carbocycles. The van der Waals surface area contributed by atoms with E-state index in [0.29, 0.717) is 0 Å². The van der Waals surface area contributed by atoms with Crippen LogP contribution in [0, 0.1) is 0 Å². The maximum absolute atomic E-state index is 11.1. The molecule has 0 radical (unpaired) electrons. The number of allylic oxidation sites excluding steroid dienone is 2. The van der Waals surface area contributed by atoms with Crippen molar-refractivity contribution in [2.24, 2.45) is 0 Å². The first-order valence-corrected chi connectivity index (χ1v) is 7.57. The molecule has 8 nitrogen and oxygen atoms in total. The summed E-state index contributed by atoms with van der Waals surface area (Å²) in [6.07, 6.45) is 2.86. The Balaban J connectivity index is 3.79. The molecule has 0 amide bonds. The number of hydrogen-bond donors (Lipinski definition) is 2. The number of esters is 2. The maximum atomic E-state index is 11.1. The molecule has 0 saturated heterocycles. The van der Waals surface area contributed by atoms with Crippen LogP contribution in [0.4, 0.5) is 0 Å². The first-order valence-electron chi connectivity index (χ1n) is 7.57. The average Bonchev–Trinajstić information content (AvgIpc) is 2.54. The SMILES string of the molecule is CC=CC(=O)OCC(O)COC(C)OCC(O)COC(=O)C=CC. The molecule has 0 bridgehead atoms. The molecule has 2 unspecified atom stereocenters. The van der Waals surface area contributed by atoms with E-state index in [1.165, 1.54) is 24.3 Å². The number of rotatable bonds is 12. The van der Waals surface area contributed by atoms with E-state index in [0.717, 1.165) is 0 Å². The number of hydrogen-bond acceptors (Lipinski definition) is 8. The second-order valence-corrected chi connectivity index (χ2v) is 4.80. The van der Waals surface area contributed by atoms with Gasteiger partial charge in [-0.1, -0.05) is 12.2 Å². The molecule has 0 spiro atoms. The first kappa shape index (κ1) is 22.3. The molecule has 8 heteroatoms. The summed E-state index contributed by atoms with van der Waals surface area (Å²) >= 11 is 0. The van der Waals surface area contributed by atoms with Gasteiger partial charge in [-0.25, -0.2) is 9.59 Å². The van der Waals surface area contributed by atoms with Crippen LogP contribution in [0.15, 0.2) is 24.3 Å². The van der Waals surface area contributed by atoms with Crippen LogP contribution >= 0.6 is 0 Å².